The first-order chi connectivity index (χ1) is 11.9. The van der Waals surface area contributed by atoms with E-state index < -0.39 is 0 Å². The molecule has 0 saturated heterocycles. The van der Waals surface area contributed by atoms with Crippen molar-refractivity contribution in [3.05, 3.63) is 27.4 Å². The van der Waals surface area contributed by atoms with Gasteiger partial charge in [-0.15, -0.1) is 46.7 Å². The highest BCUT2D eigenvalue weighted by Crippen LogP contribution is 2.29. The lowest BCUT2D eigenvalue weighted by molar-refractivity contribution is 0.0310. The molecule has 26 heavy (non-hydrogen) atoms. The summed E-state index contributed by atoms with van der Waals surface area (Å²) in [5.74, 6) is 0.833. The fraction of sp³-hybridized carbons (Fsp3) is 0.556. The highest BCUT2D eigenvalue weighted by Gasteiger charge is 2.15. The smallest absolute Gasteiger partial charge is 0.191 e. The molecule has 2 heterocycles. The molecule has 0 aliphatic rings. The Morgan fingerprint density at radius 3 is 2.69 bits per heavy atom. The Balaban J connectivity index is 0.00000338. The third kappa shape index (κ3) is 7.50. The van der Waals surface area contributed by atoms with E-state index in [0.717, 1.165) is 36.2 Å². The third-order valence-corrected chi connectivity index (χ3v) is 5.65. The van der Waals surface area contributed by atoms with E-state index in [0.29, 0.717) is 6.54 Å². The number of guanidine groups is 1. The van der Waals surface area contributed by atoms with Crippen molar-refractivity contribution in [2.24, 2.45) is 4.99 Å². The molecule has 0 bridgehead atoms. The fourth-order valence-corrected chi connectivity index (χ4v) is 3.76. The van der Waals surface area contributed by atoms with Crippen LogP contribution in [0.2, 0.25) is 0 Å². The Hall–Kier alpha value is -0.710. The number of hydrogen-bond acceptors (Lipinski definition) is 5. The molecule has 0 aliphatic carbocycles. The fourth-order valence-electron chi connectivity index (χ4n) is 2.11. The second-order valence-corrected chi connectivity index (χ2v) is 8.58. The van der Waals surface area contributed by atoms with Crippen molar-refractivity contribution in [3.63, 3.8) is 0 Å². The van der Waals surface area contributed by atoms with E-state index in [1.54, 1.807) is 18.4 Å². The Morgan fingerprint density at radius 1 is 1.31 bits per heavy atom. The lowest BCUT2D eigenvalue weighted by atomic mass is 10.1. The van der Waals surface area contributed by atoms with E-state index in [4.69, 9.17) is 4.74 Å². The molecule has 0 radical (unpaired) electrons. The summed E-state index contributed by atoms with van der Waals surface area (Å²) in [5.41, 5.74) is 0.833. The van der Waals surface area contributed by atoms with Crippen LogP contribution >= 0.6 is 46.7 Å². The molecular weight excluding hydrogens is 479 g/mol. The van der Waals surface area contributed by atoms with Gasteiger partial charge in [-0.25, -0.2) is 4.98 Å². The summed E-state index contributed by atoms with van der Waals surface area (Å²) in [4.78, 5) is 11.7. The first kappa shape index (κ1) is 23.3. The van der Waals surface area contributed by atoms with Gasteiger partial charge in [0.1, 0.15) is 0 Å². The summed E-state index contributed by atoms with van der Waals surface area (Å²) in [6.07, 6.45) is 0.964. The molecule has 0 atom stereocenters. The Morgan fingerprint density at radius 2 is 2.08 bits per heavy atom. The lowest BCUT2D eigenvalue weighted by Gasteiger charge is -2.21. The quantitative estimate of drug-likeness (QED) is 0.317. The van der Waals surface area contributed by atoms with Crippen LogP contribution in [-0.4, -0.2) is 43.3 Å². The normalized spacial score (nSPS) is 12.0. The second-order valence-electron chi connectivity index (χ2n) is 6.35. The molecule has 2 rings (SSSR count). The largest absolute Gasteiger partial charge is 0.377 e. The Bertz CT molecular complexity index is 697. The average Bonchev–Trinajstić information content (AvgIpc) is 3.21. The maximum Gasteiger partial charge on any atom is 0.191 e. The number of aryl methyl sites for hydroxylation is 1. The maximum absolute atomic E-state index is 5.42. The van der Waals surface area contributed by atoms with Gasteiger partial charge >= 0.3 is 0 Å². The SMILES string of the molecule is CCNC(=NCC(C)(C)OC)NCCc1ccc(-c2csc(C)n2)s1.I. The van der Waals surface area contributed by atoms with Crippen molar-refractivity contribution < 1.29 is 4.74 Å². The van der Waals surface area contributed by atoms with Crippen LogP contribution < -0.4 is 10.6 Å². The molecule has 0 aliphatic heterocycles. The van der Waals surface area contributed by atoms with Crippen LogP contribution in [0.15, 0.2) is 22.5 Å². The third-order valence-electron chi connectivity index (χ3n) is 3.71. The van der Waals surface area contributed by atoms with Gasteiger partial charge in [-0.3, -0.25) is 4.99 Å². The number of methoxy groups -OCH3 is 1. The second kappa shape index (κ2) is 11.2. The van der Waals surface area contributed by atoms with Gasteiger partial charge in [-0.1, -0.05) is 0 Å². The van der Waals surface area contributed by atoms with Crippen molar-refractivity contribution in [3.8, 4) is 10.6 Å². The molecule has 0 spiro atoms. The number of ether oxygens (including phenoxy) is 1. The van der Waals surface area contributed by atoms with E-state index in [2.05, 4.69) is 45.0 Å². The molecule has 0 unspecified atom stereocenters. The number of aromatic nitrogens is 1. The predicted octanol–water partition coefficient (Wildman–Crippen LogP) is 4.32. The molecule has 0 aromatic carbocycles. The van der Waals surface area contributed by atoms with Crippen LogP contribution in [0.1, 0.15) is 30.7 Å². The highest BCUT2D eigenvalue weighted by molar-refractivity contribution is 14.0. The first-order valence-electron chi connectivity index (χ1n) is 8.52. The zero-order valence-electron chi connectivity index (χ0n) is 16.1. The van der Waals surface area contributed by atoms with Crippen molar-refractivity contribution in [2.45, 2.75) is 39.7 Å². The first-order valence-corrected chi connectivity index (χ1v) is 10.2. The minimum atomic E-state index is -0.253. The Kier molecular flexibility index (Phi) is 10.1. The van der Waals surface area contributed by atoms with Crippen LogP contribution in [0.5, 0.6) is 0 Å². The molecular formula is C18H29IN4OS2. The minimum Gasteiger partial charge on any atom is -0.377 e. The lowest BCUT2D eigenvalue weighted by Crippen LogP contribution is -2.40. The summed E-state index contributed by atoms with van der Waals surface area (Å²) in [5, 5.41) is 9.90. The number of hydrogen-bond donors (Lipinski definition) is 2. The standard InChI is InChI=1S/C18H28N4OS2.HI/c1-6-19-17(21-12-18(3,4)23-5)20-10-9-14-7-8-16(25-14)15-11-24-13(2)22-15;/h7-8,11H,6,9-10,12H2,1-5H3,(H2,19,20,21);1H. The molecule has 0 fully saturated rings. The molecule has 0 saturated carbocycles. The number of nitrogens with one attached hydrogen (secondary N) is 2. The number of thiazole rings is 1. The summed E-state index contributed by atoms with van der Waals surface area (Å²) < 4.78 is 5.42. The van der Waals surface area contributed by atoms with Gasteiger partial charge in [0.15, 0.2) is 5.96 Å². The molecule has 146 valence electrons. The van der Waals surface area contributed by atoms with Gasteiger partial charge < -0.3 is 15.4 Å². The summed E-state index contributed by atoms with van der Waals surface area (Å²) in [6, 6.07) is 4.35. The van der Waals surface area contributed by atoms with Crippen molar-refractivity contribution in [2.75, 3.05) is 26.7 Å². The number of aliphatic imine (C=N–C) groups is 1. The van der Waals surface area contributed by atoms with Gasteiger partial charge in [0.05, 0.1) is 27.7 Å². The number of rotatable bonds is 8. The van der Waals surface area contributed by atoms with Crippen molar-refractivity contribution in [1.29, 1.82) is 0 Å². The van der Waals surface area contributed by atoms with Crippen molar-refractivity contribution in [1.82, 2.24) is 15.6 Å². The van der Waals surface area contributed by atoms with Crippen molar-refractivity contribution >= 4 is 52.6 Å². The molecule has 0 amide bonds. The van der Waals surface area contributed by atoms with Crippen LogP contribution in [0.4, 0.5) is 0 Å². The maximum atomic E-state index is 5.42. The zero-order valence-corrected chi connectivity index (χ0v) is 20.1. The zero-order chi connectivity index (χ0) is 18.3. The van der Waals surface area contributed by atoms with Gasteiger partial charge in [0, 0.05) is 30.5 Å². The number of nitrogens with zero attached hydrogens (tertiary/aromatic N) is 2. The minimum absolute atomic E-state index is 0. The highest BCUT2D eigenvalue weighted by atomic mass is 127. The van der Waals surface area contributed by atoms with Gasteiger partial charge in [-0.2, -0.15) is 0 Å². The average molecular weight is 508 g/mol. The van der Waals surface area contributed by atoms with Crippen LogP contribution in [0.3, 0.4) is 0 Å². The van der Waals surface area contributed by atoms with E-state index in [1.807, 2.05) is 32.1 Å². The summed E-state index contributed by atoms with van der Waals surface area (Å²) in [7, 11) is 1.72. The molecule has 5 nitrogen and oxygen atoms in total. The molecule has 2 aromatic heterocycles. The number of halogens is 1. The molecule has 8 heteroatoms. The van der Waals surface area contributed by atoms with E-state index in [1.165, 1.54) is 9.75 Å². The topological polar surface area (TPSA) is 58.5 Å². The predicted molar refractivity (Wildman–Crippen MR) is 124 cm³/mol. The van der Waals surface area contributed by atoms with E-state index in [9.17, 15) is 0 Å². The van der Waals surface area contributed by atoms with Crippen LogP contribution in [0.25, 0.3) is 10.6 Å². The Labute approximate surface area is 181 Å². The van der Waals surface area contributed by atoms with E-state index in [-0.39, 0.29) is 29.6 Å². The molecule has 2 N–H and O–H groups in total. The summed E-state index contributed by atoms with van der Waals surface area (Å²) >= 11 is 3.50. The van der Waals surface area contributed by atoms with Gasteiger partial charge in [0.25, 0.3) is 0 Å². The van der Waals surface area contributed by atoms with Crippen LogP contribution in [-0.2, 0) is 11.2 Å². The molecule has 2 aromatic rings. The van der Waals surface area contributed by atoms with Gasteiger partial charge in [0.2, 0.25) is 0 Å². The number of thiophene rings is 1. The van der Waals surface area contributed by atoms with Crippen LogP contribution in [0, 0.1) is 6.92 Å². The summed E-state index contributed by atoms with van der Waals surface area (Å²) in [6.45, 7) is 10.5. The van der Waals surface area contributed by atoms with Gasteiger partial charge in [-0.05, 0) is 46.2 Å². The monoisotopic (exact) mass is 508 g/mol. The van der Waals surface area contributed by atoms with E-state index >= 15 is 0 Å².